The average Bonchev–Trinajstić information content (AvgIpc) is 3.78. The summed E-state index contributed by atoms with van der Waals surface area (Å²) >= 11 is 0. The zero-order chi connectivity index (χ0) is 31.7. The maximum Gasteiger partial charge on any atom is 0.306 e. The molecule has 242 valence electrons. The van der Waals surface area contributed by atoms with Crippen LogP contribution in [0.2, 0.25) is 0 Å². The molecular weight excluding hydrogens is 596 g/mol. The van der Waals surface area contributed by atoms with Crippen molar-refractivity contribution in [2.75, 3.05) is 31.6 Å². The Bertz CT molecular complexity index is 1550. The molecule has 0 bridgehead atoms. The molecule has 45 heavy (non-hydrogen) atoms. The molecular formula is C32H36F4N4O5. The van der Waals surface area contributed by atoms with E-state index in [1.807, 2.05) is 0 Å². The molecule has 1 aromatic heterocycles. The second-order valence-corrected chi connectivity index (χ2v) is 12.3. The summed E-state index contributed by atoms with van der Waals surface area (Å²) in [6.07, 6.45) is 5.58. The monoisotopic (exact) mass is 632 g/mol. The third-order valence-corrected chi connectivity index (χ3v) is 9.27. The first kappa shape index (κ1) is 31.3. The van der Waals surface area contributed by atoms with Gasteiger partial charge in [-0.05, 0) is 82.7 Å². The molecule has 6 rings (SSSR count). The van der Waals surface area contributed by atoms with Crippen LogP contribution in [0.3, 0.4) is 0 Å². The van der Waals surface area contributed by atoms with Crippen molar-refractivity contribution in [3.8, 4) is 0 Å². The average molecular weight is 633 g/mol. The number of carbonyl (C=O) groups excluding carboxylic acids is 1. The fraction of sp³-hybridized carbons (Fsp3) is 0.531. The van der Waals surface area contributed by atoms with E-state index in [0.29, 0.717) is 45.3 Å². The van der Waals surface area contributed by atoms with E-state index in [0.717, 1.165) is 50.6 Å². The van der Waals surface area contributed by atoms with Crippen molar-refractivity contribution in [3.63, 3.8) is 0 Å². The van der Waals surface area contributed by atoms with E-state index in [4.69, 9.17) is 9.15 Å². The molecule has 9 nitrogen and oxygen atoms in total. The van der Waals surface area contributed by atoms with Crippen LogP contribution < -0.4 is 5.32 Å². The predicted molar refractivity (Wildman–Crippen MR) is 156 cm³/mol. The molecule has 1 saturated carbocycles. The number of rotatable bonds is 10. The summed E-state index contributed by atoms with van der Waals surface area (Å²) in [4.78, 5) is 33.2. The van der Waals surface area contributed by atoms with Crippen molar-refractivity contribution in [2.24, 2.45) is 5.92 Å². The lowest BCUT2D eigenvalue weighted by molar-refractivity contribution is -0.144. The summed E-state index contributed by atoms with van der Waals surface area (Å²) in [5.41, 5.74) is -1.00. The number of carboxylic acids is 1. The number of nitrogens with zero attached hydrogens (tertiary/aromatic N) is 3. The molecule has 3 aromatic rings. The lowest BCUT2D eigenvalue weighted by Crippen LogP contribution is -2.48. The SMILES string of the molecule is O=C(O)C1CCC(OC[C@@H]2CC[C@@H](CN3CCCC3)N2C(=O)Cc2cc(F)c3nc(Nc4ccc(F)c(F)c4)oc3c2F)CC1. The van der Waals surface area contributed by atoms with E-state index in [1.165, 1.54) is 6.07 Å². The van der Waals surface area contributed by atoms with E-state index in [1.54, 1.807) is 4.90 Å². The van der Waals surface area contributed by atoms with Crippen molar-refractivity contribution >= 4 is 34.7 Å². The first-order valence-electron chi connectivity index (χ1n) is 15.5. The van der Waals surface area contributed by atoms with Gasteiger partial charge in [0.25, 0.3) is 6.01 Å². The van der Waals surface area contributed by atoms with E-state index in [2.05, 4.69) is 15.2 Å². The van der Waals surface area contributed by atoms with Gasteiger partial charge in [0.05, 0.1) is 31.1 Å². The van der Waals surface area contributed by atoms with Gasteiger partial charge in [-0.2, -0.15) is 4.98 Å². The summed E-state index contributed by atoms with van der Waals surface area (Å²) in [5, 5.41) is 11.9. The van der Waals surface area contributed by atoms with Crippen molar-refractivity contribution < 1.29 is 41.4 Å². The molecule has 2 atom stereocenters. The van der Waals surface area contributed by atoms with Crippen LogP contribution in [0.5, 0.6) is 0 Å². The van der Waals surface area contributed by atoms with Crippen LogP contribution in [0.1, 0.15) is 56.9 Å². The van der Waals surface area contributed by atoms with Gasteiger partial charge in [-0.3, -0.25) is 9.59 Å². The van der Waals surface area contributed by atoms with Crippen LogP contribution in [0, 0.1) is 29.2 Å². The van der Waals surface area contributed by atoms with Gasteiger partial charge in [-0.1, -0.05) is 0 Å². The number of hydrogen-bond donors (Lipinski definition) is 2. The van der Waals surface area contributed by atoms with Gasteiger partial charge < -0.3 is 29.4 Å². The lowest BCUT2D eigenvalue weighted by atomic mass is 9.87. The molecule has 2 N–H and O–H groups in total. The van der Waals surface area contributed by atoms with E-state index >= 15 is 8.78 Å². The molecule has 2 aromatic carbocycles. The number of carboxylic acid groups (broad SMARTS) is 1. The first-order valence-corrected chi connectivity index (χ1v) is 15.5. The number of oxazole rings is 1. The number of benzene rings is 2. The summed E-state index contributed by atoms with van der Waals surface area (Å²) in [6, 6.07) is 3.26. The number of carbonyl (C=O) groups is 2. The van der Waals surface area contributed by atoms with Gasteiger partial charge in [-0.15, -0.1) is 0 Å². The van der Waals surface area contributed by atoms with Crippen LogP contribution in [-0.2, 0) is 20.7 Å². The van der Waals surface area contributed by atoms with Gasteiger partial charge in [0, 0.05) is 29.9 Å². The number of aliphatic carboxylic acids is 1. The van der Waals surface area contributed by atoms with Crippen LogP contribution in [-0.4, -0.2) is 76.2 Å². The standard InChI is InChI=1S/C32H36F4N4O5/c33-24-10-5-20(15-25(24)34)37-32-38-29-26(35)13-19(28(36)30(29)45-32)14-27(41)40-21(16-39-11-1-2-12-39)6-7-22(40)17-44-23-8-3-18(4-9-23)31(42)43/h5,10,13,15,18,21-23H,1-4,6-9,11-12,14,16-17H2,(H,37,38)(H,42,43)/t18?,21-,22-,23?/m0/s1. The molecule has 2 aliphatic heterocycles. The second kappa shape index (κ2) is 13.3. The van der Waals surface area contributed by atoms with Gasteiger partial charge in [-0.25, -0.2) is 17.6 Å². The molecule has 0 radical (unpaired) electrons. The van der Waals surface area contributed by atoms with Crippen LogP contribution in [0.15, 0.2) is 28.7 Å². The highest BCUT2D eigenvalue weighted by atomic mass is 19.2. The minimum atomic E-state index is -1.12. The summed E-state index contributed by atoms with van der Waals surface area (Å²) < 4.78 is 69.3. The number of amides is 1. The number of halogens is 4. The third-order valence-electron chi connectivity index (χ3n) is 9.27. The number of nitrogens with one attached hydrogen (secondary N) is 1. The molecule has 2 saturated heterocycles. The zero-order valence-electron chi connectivity index (χ0n) is 24.7. The van der Waals surface area contributed by atoms with E-state index in [9.17, 15) is 23.5 Å². The minimum Gasteiger partial charge on any atom is -0.481 e. The number of likely N-dealkylation sites (tertiary alicyclic amines) is 2. The van der Waals surface area contributed by atoms with E-state index in [-0.39, 0.29) is 47.3 Å². The number of anilines is 2. The molecule has 0 spiro atoms. The lowest BCUT2D eigenvalue weighted by Gasteiger charge is -2.34. The number of aromatic nitrogens is 1. The number of ether oxygens (including phenoxy) is 1. The van der Waals surface area contributed by atoms with Crippen molar-refractivity contribution in [1.82, 2.24) is 14.8 Å². The topological polar surface area (TPSA) is 108 Å². The summed E-state index contributed by atoms with van der Waals surface area (Å²) in [7, 11) is 0. The maximum atomic E-state index is 15.7. The maximum absolute atomic E-state index is 15.7. The minimum absolute atomic E-state index is 0.0675. The molecule has 3 fully saturated rings. The zero-order valence-corrected chi connectivity index (χ0v) is 24.7. The Morgan fingerprint density at radius 1 is 0.956 bits per heavy atom. The van der Waals surface area contributed by atoms with E-state index < -0.39 is 46.8 Å². The normalized spacial score (nSPS) is 24.0. The van der Waals surface area contributed by atoms with Crippen LogP contribution in [0.4, 0.5) is 29.3 Å². The van der Waals surface area contributed by atoms with Crippen molar-refractivity contribution in [3.05, 3.63) is 53.1 Å². The number of fused-ring (bicyclic) bond motifs is 1. The highest BCUT2D eigenvalue weighted by Gasteiger charge is 2.39. The molecule has 1 aliphatic carbocycles. The fourth-order valence-corrected chi connectivity index (χ4v) is 6.89. The Balaban J connectivity index is 1.18. The van der Waals surface area contributed by atoms with Gasteiger partial charge in [0.2, 0.25) is 5.91 Å². The smallest absolute Gasteiger partial charge is 0.306 e. The Morgan fingerprint density at radius 3 is 2.40 bits per heavy atom. The molecule has 3 heterocycles. The Labute approximate surface area is 257 Å². The Kier molecular flexibility index (Phi) is 9.27. The van der Waals surface area contributed by atoms with Crippen molar-refractivity contribution in [2.45, 2.75) is 76.0 Å². The molecule has 3 aliphatic rings. The van der Waals surface area contributed by atoms with Crippen molar-refractivity contribution in [1.29, 1.82) is 0 Å². The summed E-state index contributed by atoms with van der Waals surface area (Å²) in [6.45, 7) is 2.90. The van der Waals surface area contributed by atoms with Crippen LogP contribution in [0.25, 0.3) is 11.1 Å². The summed E-state index contributed by atoms with van der Waals surface area (Å²) in [5.74, 6) is -5.47. The van der Waals surface area contributed by atoms with Gasteiger partial charge in [0.1, 0.15) is 0 Å². The number of hydrogen-bond acceptors (Lipinski definition) is 7. The van der Waals surface area contributed by atoms with Crippen LogP contribution >= 0.6 is 0 Å². The molecule has 1 amide bonds. The molecule has 0 unspecified atom stereocenters. The van der Waals surface area contributed by atoms with Gasteiger partial charge >= 0.3 is 5.97 Å². The Hall–Kier alpha value is -3.71. The van der Waals surface area contributed by atoms with Gasteiger partial charge in [0.15, 0.2) is 34.4 Å². The Morgan fingerprint density at radius 2 is 1.69 bits per heavy atom. The highest BCUT2D eigenvalue weighted by molar-refractivity contribution is 5.83. The largest absolute Gasteiger partial charge is 0.481 e. The predicted octanol–water partition coefficient (Wildman–Crippen LogP) is 5.79. The fourth-order valence-electron chi connectivity index (χ4n) is 6.89. The highest BCUT2D eigenvalue weighted by Crippen LogP contribution is 2.33. The second-order valence-electron chi connectivity index (χ2n) is 12.3. The molecule has 13 heteroatoms. The third kappa shape index (κ3) is 6.94. The quantitative estimate of drug-likeness (QED) is 0.271. The first-order chi connectivity index (χ1) is 21.7.